The van der Waals surface area contributed by atoms with Crippen molar-refractivity contribution in [2.45, 2.75) is 12.8 Å². The van der Waals surface area contributed by atoms with Crippen LogP contribution in [0.25, 0.3) is 10.8 Å². The first kappa shape index (κ1) is 10.1. The molecule has 3 heteroatoms. The molecule has 3 nitrogen and oxygen atoms in total. The topological polar surface area (TPSA) is 40.5 Å². The number of benzene rings is 2. The molecule has 1 atom stereocenters. The summed E-state index contributed by atoms with van der Waals surface area (Å²) in [6.07, 6.45) is 0.830. The van der Waals surface area contributed by atoms with Gasteiger partial charge in [0.25, 0.3) is 0 Å². The highest BCUT2D eigenvalue weighted by atomic mass is 16.3. The molecule has 0 fully saturated rings. The molecule has 0 aliphatic carbocycles. The molecule has 1 amide bonds. The number of anilines is 1. The van der Waals surface area contributed by atoms with Crippen molar-refractivity contribution in [1.29, 1.82) is 0 Å². The van der Waals surface area contributed by atoms with E-state index in [2.05, 4.69) is 6.92 Å². The van der Waals surface area contributed by atoms with Gasteiger partial charge in [-0.3, -0.25) is 4.79 Å². The van der Waals surface area contributed by atoms with Crippen LogP contribution < -0.4 is 4.90 Å². The molecular formula is C14H13NO2. The van der Waals surface area contributed by atoms with Gasteiger partial charge in [-0.25, -0.2) is 0 Å². The Hall–Kier alpha value is -2.03. The summed E-state index contributed by atoms with van der Waals surface area (Å²) in [5.41, 5.74) is 1.99. The number of carbonyl (C=O) groups is 1. The van der Waals surface area contributed by atoms with Gasteiger partial charge in [-0.05, 0) is 10.9 Å². The molecule has 2 aromatic rings. The van der Waals surface area contributed by atoms with Crippen molar-refractivity contribution in [3.05, 3.63) is 35.9 Å². The molecule has 0 saturated heterocycles. The molecule has 0 radical (unpaired) electrons. The van der Waals surface area contributed by atoms with Crippen molar-refractivity contribution >= 4 is 22.9 Å². The quantitative estimate of drug-likeness (QED) is 0.761. The van der Waals surface area contributed by atoms with E-state index in [-0.39, 0.29) is 5.75 Å². The van der Waals surface area contributed by atoms with Crippen molar-refractivity contribution in [3.63, 3.8) is 0 Å². The predicted molar refractivity (Wildman–Crippen MR) is 67.4 cm³/mol. The van der Waals surface area contributed by atoms with Gasteiger partial charge in [-0.15, -0.1) is 0 Å². The van der Waals surface area contributed by atoms with Gasteiger partial charge in [0.1, 0.15) is 5.75 Å². The average Bonchev–Trinajstić information content (AvgIpc) is 2.66. The largest absolute Gasteiger partial charge is 0.507 e. The van der Waals surface area contributed by atoms with Crippen molar-refractivity contribution in [2.24, 2.45) is 0 Å². The SMILES string of the molecule is CC1CN(C=O)c2cc(O)c3ccccc3c21. The third kappa shape index (κ3) is 1.32. The van der Waals surface area contributed by atoms with Crippen LogP contribution in [0.2, 0.25) is 0 Å². The van der Waals surface area contributed by atoms with Crippen LogP contribution in [0.3, 0.4) is 0 Å². The van der Waals surface area contributed by atoms with Crippen LogP contribution in [0, 0.1) is 0 Å². The van der Waals surface area contributed by atoms with E-state index in [1.54, 1.807) is 11.0 Å². The Labute approximate surface area is 99.3 Å². The summed E-state index contributed by atoms with van der Waals surface area (Å²) >= 11 is 0. The van der Waals surface area contributed by atoms with E-state index in [9.17, 15) is 9.90 Å². The second-order valence-electron chi connectivity index (χ2n) is 4.53. The van der Waals surface area contributed by atoms with Crippen LogP contribution >= 0.6 is 0 Å². The van der Waals surface area contributed by atoms with Crippen LogP contribution in [0.4, 0.5) is 5.69 Å². The highest BCUT2D eigenvalue weighted by molar-refractivity contribution is 5.99. The number of rotatable bonds is 1. The Balaban J connectivity index is 2.40. The molecule has 0 spiro atoms. The first-order chi connectivity index (χ1) is 8.22. The third-order valence-corrected chi connectivity index (χ3v) is 3.44. The minimum atomic E-state index is 0.236. The average molecular weight is 227 g/mol. The lowest BCUT2D eigenvalue weighted by molar-refractivity contribution is -0.107. The smallest absolute Gasteiger partial charge is 0.214 e. The molecule has 0 saturated carbocycles. The Bertz CT molecular complexity index is 606. The molecule has 86 valence electrons. The van der Waals surface area contributed by atoms with Crippen LogP contribution in [-0.2, 0) is 4.79 Å². The van der Waals surface area contributed by atoms with Gasteiger partial charge in [0.15, 0.2) is 0 Å². The van der Waals surface area contributed by atoms with Gasteiger partial charge >= 0.3 is 0 Å². The molecule has 1 aliphatic heterocycles. The summed E-state index contributed by atoms with van der Waals surface area (Å²) in [6.45, 7) is 2.79. The third-order valence-electron chi connectivity index (χ3n) is 3.44. The van der Waals surface area contributed by atoms with Crippen molar-refractivity contribution in [1.82, 2.24) is 0 Å². The Kier molecular flexibility index (Phi) is 2.08. The molecule has 17 heavy (non-hydrogen) atoms. The summed E-state index contributed by atoms with van der Waals surface area (Å²) in [4.78, 5) is 12.7. The molecule has 0 aromatic heterocycles. The summed E-state index contributed by atoms with van der Waals surface area (Å²) in [6, 6.07) is 9.46. The molecule has 2 aromatic carbocycles. The molecule has 3 rings (SSSR count). The standard InChI is InChI=1S/C14H13NO2/c1-9-7-15(8-16)12-6-13(17)10-4-2-3-5-11(10)14(9)12/h2-6,8-9,17H,7H2,1H3. The minimum absolute atomic E-state index is 0.236. The second kappa shape index (κ2) is 3.48. The lowest BCUT2D eigenvalue weighted by atomic mass is 9.96. The maximum absolute atomic E-state index is 11.0. The van der Waals surface area contributed by atoms with Gasteiger partial charge in [-0.2, -0.15) is 0 Å². The monoisotopic (exact) mass is 227 g/mol. The fourth-order valence-electron chi connectivity index (χ4n) is 2.70. The highest BCUT2D eigenvalue weighted by Gasteiger charge is 2.28. The zero-order chi connectivity index (χ0) is 12.0. The minimum Gasteiger partial charge on any atom is -0.507 e. The molecule has 1 unspecified atom stereocenters. The lowest BCUT2D eigenvalue weighted by Crippen LogP contribution is -2.18. The van der Waals surface area contributed by atoms with E-state index < -0.39 is 0 Å². The first-order valence-electron chi connectivity index (χ1n) is 5.69. The second-order valence-corrected chi connectivity index (χ2v) is 4.53. The Morgan fingerprint density at radius 3 is 2.76 bits per heavy atom. The molecule has 1 aliphatic rings. The van der Waals surface area contributed by atoms with Gasteiger partial charge in [0.05, 0.1) is 5.69 Å². The summed E-state index contributed by atoms with van der Waals surface area (Å²) in [5, 5.41) is 11.9. The molecule has 1 heterocycles. The van der Waals surface area contributed by atoms with Crippen LogP contribution in [0.5, 0.6) is 5.75 Å². The number of aromatic hydroxyl groups is 1. The van der Waals surface area contributed by atoms with Gasteiger partial charge < -0.3 is 10.0 Å². The predicted octanol–water partition coefficient (Wildman–Crippen LogP) is 2.63. The van der Waals surface area contributed by atoms with Crippen LogP contribution in [0.1, 0.15) is 18.4 Å². The van der Waals surface area contributed by atoms with Crippen molar-refractivity contribution < 1.29 is 9.90 Å². The fourth-order valence-corrected chi connectivity index (χ4v) is 2.70. The highest BCUT2D eigenvalue weighted by Crippen LogP contribution is 2.43. The first-order valence-corrected chi connectivity index (χ1v) is 5.69. The number of hydrogen-bond donors (Lipinski definition) is 1. The zero-order valence-corrected chi connectivity index (χ0v) is 9.55. The van der Waals surface area contributed by atoms with Gasteiger partial charge in [0, 0.05) is 23.9 Å². The van der Waals surface area contributed by atoms with E-state index in [1.165, 1.54) is 0 Å². The lowest BCUT2D eigenvalue weighted by Gasteiger charge is -2.12. The number of nitrogens with zero attached hydrogens (tertiary/aromatic N) is 1. The van der Waals surface area contributed by atoms with E-state index in [0.29, 0.717) is 12.5 Å². The number of hydrogen-bond acceptors (Lipinski definition) is 2. The number of amides is 1. The zero-order valence-electron chi connectivity index (χ0n) is 9.55. The maximum Gasteiger partial charge on any atom is 0.214 e. The number of phenolic OH excluding ortho intramolecular Hbond substituents is 1. The Morgan fingerprint density at radius 2 is 2.06 bits per heavy atom. The van der Waals surface area contributed by atoms with E-state index >= 15 is 0 Å². The number of carbonyl (C=O) groups excluding carboxylic acids is 1. The normalized spacial score (nSPS) is 18.4. The van der Waals surface area contributed by atoms with Gasteiger partial charge in [-0.1, -0.05) is 31.2 Å². The van der Waals surface area contributed by atoms with Crippen molar-refractivity contribution in [2.75, 3.05) is 11.4 Å². The Morgan fingerprint density at radius 1 is 1.35 bits per heavy atom. The van der Waals surface area contributed by atoms with E-state index in [0.717, 1.165) is 28.4 Å². The molecule has 1 N–H and O–H groups in total. The number of fused-ring (bicyclic) bond motifs is 3. The summed E-state index contributed by atoms with van der Waals surface area (Å²) < 4.78 is 0. The number of phenols is 1. The fraction of sp³-hybridized carbons (Fsp3) is 0.214. The summed E-state index contributed by atoms with van der Waals surface area (Å²) in [5.74, 6) is 0.543. The molecule has 0 bridgehead atoms. The van der Waals surface area contributed by atoms with E-state index in [4.69, 9.17) is 0 Å². The van der Waals surface area contributed by atoms with Gasteiger partial charge in [0.2, 0.25) is 6.41 Å². The van der Waals surface area contributed by atoms with E-state index in [1.807, 2.05) is 24.3 Å². The maximum atomic E-state index is 11.0. The van der Waals surface area contributed by atoms with Crippen molar-refractivity contribution in [3.8, 4) is 5.75 Å². The van der Waals surface area contributed by atoms with Crippen LogP contribution in [-0.4, -0.2) is 18.1 Å². The summed E-state index contributed by atoms with van der Waals surface area (Å²) in [7, 11) is 0. The van der Waals surface area contributed by atoms with Crippen LogP contribution in [0.15, 0.2) is 30.3 Å². The molecular weight excluding hydrogens is 214 g/mol.